The van der Waals surface area contributed by atoms with Crippen molar-refractivity contribution in [3.8, 4) is 50.8 Å². The molecule has 0 N–H and O–H groups in total. The van der Waals surface area contributed by atoms with Crippen LogP contribution in [0.4, 0.5) is 13.2 Å². The molecule has 0 atom stereocenters. The second-order valence-electron chi connectivity index (χ2n) is 16.8. The van der Waals surface area contributed by atoms with Crippen LogP contribution in [0.1, 0.15) is 44.5 Å². The molecule has 6 heteroatoms. The summed E-state index contributed by atoms with van der Waals surface area (Å²) >= 11 is 0. The minimum atomic E-state index is -4.75. The van der Waals surface area contributed by atoms with E-state index >= 15 is 13.2 Å². The first-order valence-corrected chi connectivity index (χ1v) is 20.8. The molecule has 0 saturated heterocycles. The van der Waals surface area contributed by atoms with Crippen LogP contribution in [0.2, 0.25) is 0 Å². The molecular formula is C56H42F3N3. The molecule has 8 aromatic carbocycles. The van der Waals surface area contributed by atoms with Crippen molar-refractivity contribution in [1.29, 1.82) is 5.26 Å². The van der Waals surface area contributed by atoms with Gasteiger partial charge < -0.3 is 9.13 Å². The van der Waals surface area contributed by atoms with Crippen LogP contribution in [-0.4, -0.2) is 9.13 Å². The average molecular weight is 814 g/mol. The Bertz CT molecular complexity index is 3490. The van der Waals surface area contributed by atoms with Crippen molar-refractivity contribution in [2.24, 2.45) is 0 Å². The van der Waals surface area contributed by atoms with Gasteiger partial charge in [0.05, 0.1) is 50.6 Å². The number of rotatable bonds is 5. The third-order valence-corrected chi connectivity index (χ3v) is 12.5. The fraction of sp³-hybridized carbons (Fsp3) is 0.125. The molecule has 0 saturated carbocycles. The van der Waals surface area contributed by atoms with Crippen LogP contribution in [0.3, 0.4) is 0 Å². The van der Waals surface area contributed by atoms with Gasteiger partial charge in [-0.1, -0.05) is 108 Å². The number of hydrogen-bond acceptors (Lipinski definition) is 1. The summed E-state index contributed by atoms with van der Waals surface area (Å²) in [5, 5.41) is 13.7. The maximum atomic E-state index is 16.2. The van der Waals surface area contributed by atoms with Gasteiger partial charge in [-0.2, -0.15) is 18.4 Å². The Balaban J connectivity index is 1.34. The Labute approximate surface area is 358 Å². The first-order chi connectivity index (χ1) is 29.8. The molecule has 0 aliphatic carbocycles. The summed E-state index contributed by atoms with van der Waals surface area (Å²) in [6, 6.07) is 49.1. The van der Waals surface area contributed by atoms with Gasteiger partial charge in [0.1, 0.15) is 0 Å². The first kappa shape index (κ1) is 38.8. The lowest BCUT2D eigenvalue weighted by Crippen LogP contribution is -2.13. The Morgan fingerprint density at radius 1 is 0.435 bits per heavy atom. The van der Waals surface area contributed by atoms with E-state index in [2.05, 4.69) is 96.1 Å². The van der Waals surface area contributed by atoms with E-state index in [1.807, 2.05) is 71.3 Å². The molecule has 2 heterocycles. The Hall–Kier alpha value is -7.36. The summed E-state index contributed by atoms with van der Waals surface area (Å²) in [6.45, 7) is 12.5. The molecule has 0 aliphatic rings. The molecule has 0 unspecified atom stereocenters. The zero-order chi connectivity index (χ0) is 43.2. The quantitative estimate of drug-likeness (QED) is 0.170. The largest absolute Gasteiger partial charge is 0.418 e. The number of nitriles is 1. The SMILES string of the molecule is Cc1cc(C)c(-c2ccc3c4ccccc4n(-c4cc(C(F)(F)F)c(-n5c6ccccc6c6ccc(-c7c(C)cc(C)cc7C)cc65)cc4-c4cccc(C#N)c4)c3c2)c(C)c1. The smallest absolute Gasteiger partial charge is 0.309 e. The van der Waals surface area contributed by atoms with E-state index in [1.165, 1.54) is 11.6 Å². The molecule has 0 fully saturated rings. The highest BCUT2D eigenvalue weighted by atomic mass is 19.4. The highest BCUT2D eigenvalue weighted by Gasteiger charge is 2.37. The minimum Gasteiger partial charge on any atom is -0.309 e. The number of nitrogens with zero attached hydrogens (tertiary/aromatic N) is 3. The number of aromatic nitrogens is 2. The second-order valence-corrected chi connectivity index (χ2v) is 16.8. The number of aryl methyl sites for hydroxylation is 6. The standard InChI is InChI=1S/C56H42F3N3/c1-32-22-34(3)54(35(4)23-32)40-18-20-44-42-14-7-9-16-48(42)61(50(44)27-40)52-30-47(56(57,58)59)53(29-46(52)39-13-11-12-38(26-39)31-60)62-49-17-10-8-15-43(49)45-21-19-41(28-51(45)62)55-36(5)24-33(2)25-37(55)6/h7-30H,1-6H3. The first-order valence-electron chi connectivity index (χ1n) is 20.8. The molecule has 302 valence electrons. The van der Waals surface area contributed by atoms with Crippen LogP contribution < -0.4 is 0 Å². The second kappa shape index (κ2) is 14.4. The maximum Gasteiger partial charge on any atom is 0.418 e. The summed E-state index contributed by atoms with van der Waals surface area (Å²) in [5.41, 5.74) is 15.0. The summed E-state index contributed by atoms with van der Waals surface area (Å²) in [7, 11) is 0. The minimum absolute atomic E-state index is 0.00618. The topological polar surface area (TPSA) is 33.6 Å². The summed E-state index contributed by atoms with van der Waals surface area (Å²) in [4.78, 5) is 0. The lowest BCUT2D eigenvalue weighted by Gasteiger charge is -2.22. The number of hydrogen-bond donors (Lipinski definition) is 0. The van der Waals surface area contributed by atoms with Crippen molar-refractivity contribution in [3.63, 3.8) is 0 Å². The van der Waals surface area contributed by atoms with E-state index < -0.39 is 11.7 Å². The van der Waals surface area contributed by atoms with Gasteiger partial charge in [-0.3, -0.25) is 0 Å². The summed E-state index contributed by atoms with van der Waals surface area (Å²) in [6.07, 6.45) is -4.75. The molecule has 2 aromatic heterocycles. The molecule has 0 aliphatic heterocycles. The van der Waals surface area contributed by atoms with Crippen LogP contribution in [0, 0.1) is 52.9 Å². The molecule has 0 amide bonds. The van der Waals surface area contributed by atoms with Gasteiger partial charge in [0, 0.05) is 27.1 Å². The molecule has 0 bridgehead atoms. The lowest BCUT2D eigenvalue weighted by molar-refractivity contribution is -0.137. The predicted molar refractivity (Wildman–Crippen MR) is 250 cm³/mol. The van der Waals surface area contributed by atoms with Crippen LogP contribution in [0.5, 0.6) is 0 Å². The third-order valence-electron chi connectivity index (χ3n) is 12.5. The number of alkyl halides is 3. The van der Waals surface area contributed by atoms with Gasteiger partial charge in [0.2, 0.25) is 0 Å². The molecule has 0 radical (unpaired) electrons. The number of fused-ring (bicyclic) bond motifs is 6. The fourth-order valence-electron chi connectivity index (χ4n) is 10.2. The van der Waals surface area contributed by atoms with Gasteiger partial charge in [-0.15, -0.1) is 0 Å². The Morgan fingerprint density at radius 3 is 1.39 bits per heavy atom. The van der Waals surface area contributed by atoms with E-state index in [0.29, 0.717) is 33.4 Å². The normalized spacial score (nSPS) is 11.9. The molecular weight excluding hydrogens is 772 g/mol. The number of para-hydroxylation sites is 2. The van der Waals surface area contributed by atoms with Crippen LogP contribution in [0.25, 0.3) is 88.4 Å². The summed E-state index contributed by atoms with van der Waals surface area (Å²) in [5.74, 6) is 0. The Kier molecular flexibility index (Phi) is 9.01. The zero-order valence-corrected chi connectivity index (χ0v) is 35.3. The van der Waals surface area contributed by atoms with Gasteiger partial charge in [-0.25, -0.2) is 0 Å². The number of benzene rings is 8. The predicted octanol–water partition coefficient (Wildman–Crippen LogP) is 15.6. The van der Waals surface area contributed by atoms with Crippen LogP contribution >= 0.6 is 0 Å². The lowest BCUT2D eigenvalue weighted by atomic mass is 9.93. The van der Waals surface area contributed by atoms with Gasteiger partial charge in [-0.05, 0) is 140 Å². The maximum absolute atomic E-state index is 16.2. The van der Waals surface area contributed by atoms with Gasteiger partial charge in [0.25, 0.3) is 0 Å². The Morgan fingerprint density at radius 2 is 0.903 bits per heavy atom. The van der Waals surface area contributed by atoms with Crippen LogP contribution in [0.15, 0.2) is 146 Å². The van der Waals surface area contributed by atoms with Gasteiger partial charge in [0.15, 0.2) is 0 Å². The van der Waals surface area contributed by atoms with E-state index in [4.69, 9.17) is 0 Å². The van der Waals surface area contributed by atoms with Crippen molar-refractivity contribution >= 4 is 43.6 Å². The van der Waals surface area contributed by atoms with E-state index in [9.17, 15) is 5.26 Å². The van der Waals surface area contributed by atoms with Crippen molar-refractivity contribution in [2.75, 3.05) is 0 Å². The average Bonchev–Trinajstić information content (AvgIpc) is 3.74. The van der Waals surface area contributed by atoms with E-state index in [-0.39, 0.29) is 5.69 Å². The van der Waals surface area contributed by atoms with Crippen molar-refractivity contribution in [2.45, 2.75) is 47.7 Å². The van der Waals surface area contributed by atoms with Crippen molar-refractivity contribution < 1.29 is 13.2 Å². The molecule has 3 nitrogen and oxygen atoms in total. The number of halogens is 3. The fourth-order valence-corrected chi connectivity index (χ4v) is 10.2. The van der Waals surface area contributed by atoms with Crippen LogP contribution in [-0.2, 0) is 6.18 Å². The highest BCUT2D eigenvalue weighted by molar-refractivity contribution is 6.12. The molecule has 0 spiro atoms. The third kappa shape index (κ3) is 6.19. The van der Waals surface area contributed by atoms with E-state index in [1.54, 1.807) is 28.8 Å². The molecule has 10 aromatic rings. The zero-order valence-electron chi connectivity index (χ0n) is 35.3. The summed E-state index contributed by atoms with van der Waals surface area (Å²) < 4.78 is 52.3. The molecule has 62 heavy (non-hydrogen) atoms. The van der Waals surface area contributed by atoms with Gasteiger partial charge >= 0.3 is 6.18 Å². The van der Waals surface area contributed by atoms with E-state index in [0.717, 1.165) is 82.6 Å². The highest BCUT2D eigenvalue weighted by Crippen LogP contribution is 2.46. The van der Waals surface area contributed by atoms with Crippen molar-refractivity contribution in [3.05, 3.63) is 190 Å². The van der Waals surface area contributed by atoms with Crippen molar-refractivity contribution in [1.82, 2.24) is 9.13 Å². The monoisotopic (exact) mass is 813 g/mol. The molecule has 10 rings (SSSR count).